The van der Waals surface area contributed by atoms with Crippen molar-refractivity contribution in [1.82, 2.24) is 0 Å². The summed E-state index contributed by atoms with van der Waals surface area (Å²) < 4.78 is 15.2. The maximum atomic E-state index is 12.2. The molecule has 26 heavy (non-hydrogen) atoms. The molecule has 0 atom stereocenters. The van der Waals surface area contributed by atoms with Gasteiger partial charge in [0, 0.05) is 16.2 Å². The van der Waals surface area contributed by atoms with E-state index in [4.69, 9.17) is 25.8 Å². The van der Waals surface area contributed by atoms with Crippen molar-refractivity contribution in [2.24, 2.45) is 0 Å². The molecular formula is C20H21ClO4S. The van der Waals surface area contributed by atoms with Crippen LogP contribution in [0.2, 0.25) is 5.02 Å². The number of benzene rings is 2. The lowest BCUT2D eigenvalue weighted by Gasteiger charge is -2.14. The van der Waals surface area contributed by atoms with Gasteiger partial charge in [-0.25, -0.2) is 4.79 Å². The van der Waals surface area contributed by atoms with Crippen LogP contribution in [0.3, 0.4) is 0 Å². The minimum absolute atomic E-state index is 0.384. The average Bonchev–Trinajstić information content (AvgIpc) is 2.65. The van der Waals surface area contributed by atoms with Crippen molar-refractivity contribution in [2.45, 2.75) is 17.6 Å². The number of halogens is 1. The Morgan fingerprint density at radius 3 is 2.62 bits per heavy atom. The van der Waals surface area contributed by atoms with Crippen molar-refractivity contribution in [3.05, 3.63) is 64.4 Å². The fourth-order valence-electron chi connectivity index (χ4n) is 2.45. The van der Waals surface area contributed by atoms with Gasteiger partial charge in [0.05, 0.1) is 32.6 Å². The minimum atomic E-state index is -0.438. The van der Waals surface area contributed by atoms with Crippen LogP contribution in [0.15, 0.2) is 47.6 Å². The first kappa shape index (κ1) is 20.2. The SMILES string of the molecule is CO/C=C(/C(=O)OC)c1cccc(C)c1SCc1ccc(Cl)c(OC)c1. The van der Waals surface area contributed by atoms with Crippen molar-refractivity contribution in [1.29, 1.82) is 0 Å². The molecule has 0 saturated carbocycles. The monoisotopic (exact) mass is 392 g/mol. The van der Waals surface area contributed by atoms with Gasteiger partial charge >= 0.3 is 5.97 Å². The molecule has 0 bridgehead atoms. The topological polar surface area (TPSA) is 44.8 Å². The van der Waals surface area contributed by atoms with Gasteiger partial charge in [0.2, 0.25) is 0 Å². The summed E-state index contributed by atoms with van der Waals surface area (Å²) in [6.07, 6.45) is 1.41. The highest BCUT2D eigenvalue weighted by Crippen LogP contribution is 2.35. The molecule has 0 N–H and O–H groups in total. The molecule has 0 unspecified atom stereocenters. The average molecular weight is 393 g/mol. The fourth-order valence-corrected chi connectivity index (χ4v) is 3.77. The molecule has 2 aromatic carbocycles. The van der Waals surface area contributed by atoms with Crippen LogP contribution in [-0.2, 0) is 20.0 Å². The van der Waals surface area contributed by atoms with Crippen LogP contribution >= 0.6 is 23.4 Å². The predicted octanol–water partition coefficient (Wildman–Crippen LogP) is 5.11. The van der Waals surface area contributed by atoms with Crippen LogP contribution < -0.4 is 4.74 Å². The van der Waals surface area contributed by atoms with Crippen molar-refractivity contribution in [2.75, 3.05) is 21.3 Å². The summed E-state index contributed by atoms with van der Waals surface area (Å²) in [5.41, 5.74) is 3.31. The third-order valence-corrected chi connectivity index (χ3v) is 5.36. The van der Waals surface area contributed by atoms with Gasteiger partial charge in [0.15, 0.2) is 0 Å². The zero-order valence-electron chi connectivity index (χ0n) is 15.2. The van der Waals surface area contributed by atoms with Crippen LogP contribution in [0.1, 0.15) is 16.7 Å². The molecule has 0 spiro atoms. The number of carbonyl (C=O) groups excluding carboxylic acids is 1. The highest BCUT2D eigenvalue weighted by Gasteiger charge is 2.18. The number of carbonyl (C=O) groups is 1. The summed E-state index contributed by atoms with van der Waals surface area (Å²) in [7, 11) is 4.45. The predicted molar refractivity (Wildman–Crippen MR) is 106 cm³/mol. The highest BCUT2D eigenvalue weighted by molar-refractivity contribution is 7.98. The lowest BCUT2D eigenvalue weighted by atomic mass is 10.0. The standard InChI is InChI=1S/C20H21ClO4S/c1-13-6-5-7-15(16(11-23-2)20(22)25-4)19(13)26-12-14-8-9-17(21)18(10-14)24-3/h5-11H,12H2,1-4H3/b16-11+. The van der Waals surface area contributed by atoms with Crippen molar-refractivity contribution >= 4 is 34.9 Å². The van der Waals surface area contributed by atoms with E-state index in [1.165, 1.54) is 20.5 Å². The van der Waals surface area contributed by atoms with Gasteiger partial charge in [-0.05, 0) is 30.2 Å². The van der Waals surface area contributed by atoms with E-state index < -0.39 is 5.97 Å². The Labute approximate surface area is 163 Å². The Morgan fingerprint density at radius 1 is 1.19 bits per heavy atom. The number of aryl methyl sites for hydroxylation is 1. The van der Waals surface area contributed by atoms with Crippen molar-refractivity contribution in [3.8, 4) is 5.75 Å². The van der Waals surface area contributed by atoms with Crippen LogP contribution in [0, 0.1) is 6.92 Å². The smallest absolute Gasteiger partial charge is 0.341 e. The molecule has 0 aromatic heterocycles. The van der Waals surface area contributed by atoms with Gasteiger partial charge < -0.3 is 14.2 Å². The zero-order chi connectivity index (χ0) is 19.1. The first-order valence-corrected chi connectivity index (χ1v) is 9.24. The van der Waals surface area contributed by atoms with Crippen LogP contribution in [0.5, 0.6) is 5.75 Å². The fraction of sp³-hybridized carbons (Fsp3) is 0.250. The largest absolute Gasteiger partial charge is 0.503 e. The summed E-state index contributed by atoms with van der Waals surface area (Å²) in [5.74, 6) is 0.907. The molecule has 0 fully saturated rings. The van der Waals surface area contributed by atoms with E-state index in [0.717, 1.165) is 21.6 Å². The highest BCUT2D eigenvalue weighted by atomic mass is 35.5. The number of thioether (sulfide) groups is 1. The Hall–Kier alpha value is -2.11. The van der Waals surface area contributed by atoms with E-state index in [2.05, 4.69) is 0 Å². The molecule has 0 saturated heterocycles. The zero-order valence-corrected chi connectivity index (χ0v) is 16.7. The number of ether oxygens (including phenoxy) is 3. The number of hydrogen-bond donors (Lipinski definition) is 0. The number of methoxy groups -OCH3 is 3. The molecule has 0 amide bonds. The Morgan fingerprint density at radius 2 is 1.96 bits per heavy atom. The van der Waals surface area contributed by atoms with Gasteiger partial charge in [0.25, 0.3) is 0 Å². The van der Waals surface area contributed by atoms with Crippen LogP contribution in [-0.4, -0.2) is 27.3 Å². The molecular weight excluding hydrogens is 372 g/mol. The Kier molecular flexibility index (Phi) is 7.42. The quantitative estimate of drug-likeness (QED) is 0.283. The lowest BCUT2D eigenvalue weighted by Crippen LogP contribution is -2.06. The molecule has 138 valence electrons. The molecule has 0 heterocycles. The first-order valence-electron chi connectivity index (χ1n) is 7.88. The second-order valence-electron chi connectivity index (χ2n) is 5.47. The summed E-state index contributed by atoms with van der Waals surface area (Å²) in [6, 6.07) is 11.5. The second kappa shape index (κ2) is 9.55. The molecule has 0 aliphatic carbocycles. The third kappa shape index (κ3) is 4.74. The van der Waals surface area contributed by atoms with E-state index in [9.17, 15) is 4.79 Å². The number of esters is 1. The molecule has 6 heteroatoms. The van der Waals surface area contributed by atoms with E-state index in [-0.39, 0.29) is 0 Å². The summed E-state index contributed by atoms with van der Waals surface area (Å²) in [6.45, 7) is 2.01. The maximum absolute atomic E-state index is 12.2. The van der Waals surface area contributed by atoms with E-state index in [1.807, 2.05) is 43.3 Å². The molecule has 0 aliphatic rings. The van der Waals surface area contributed by atoms with E-state index in [1.54, 1.807) is 18.9 Å². The second-order valence-corrected chi connectivity index (χ2v) is 6.86. The Balaban J connectivity index is 2.35. The minimum Gasteiger partial charge on any atom is -0.503 e. The summed E-state index contributed by atoms with van der Waals surface area (Å²) >= 11 is 7.72. The van der Waals surface area contributed by atoms with Gasteiger partial charge in [0.1, 0.15) is 11.3 Å². The van der Waals surface area contributed by atoms with Gasteiger partial charge in [-0.15, -0.1) is 11.8 Å². The van der Waals surface area contributed by atoms with E-state index >= 15 is 0 Å². The van der Waals surface area contributed by atoms with Gasteiger partial charge in [-0.3, -0.25) is 0 Å². The molecule has 2 aromatic rings. The van der Waals surface area contributed by atoms with Crippen LogP contribution in [0.4, 0.5) is 0 Å². The van der Waals surface area contributed by atoms with Crippen LogP contribution in [0.25, 0.3) is 5.57 Å². The molecule has 0 radical (unpaired) electrons. The van der Waals surface area contributed by atoms with Gasteiger partial charge in [-0.2, -0.15) is 0 Å². The first-order chi connectivity index (χ1) is 12.5. The maximum Gasteiger partial charge on any atom is 0.341 e. The van der Waals surface area contributed by atoms with E-state index in [0.29, 0.717) is 22.1 Å². The number of rotatable bonds is 7. The third-order valence-electron chi connectivity index (χ3n) is 3.74. The summed E-state index contributed by atoms with van der Waals surface area (Å²) in [4.78, 5) is 13.1. The normalized spacial score (nSPS) is 11.2. The molecule has 2 rings (SSSR count). The summed E-state index contributed by atoms with van der Waals surface area (Å²) in [5, 5.41) is 0.578. The van der Waals surface area contributed by atoms with Gasteiger partial charge in [-0.1, -0.05) is 35.9 Å². The molecule has 0 aliphatic heterocycles. The Bertz CT molecular complexity index is 817. The number of hydrogen-bond acceptors (Lipinski definition) is 5. The van der Waals surface area contributed by atoms with Crippen molar-refractivity contribution < 1.29 is 19.0 Å². The van der Waals surface area contributed by atoms with Crippen molar-refractivity contribution in [3.63, 3.8) is 0 Å². The lowest BCUT2D eigenvalue weighted by molar-refractivity contribution is -0.133. The molecule has 4 nitrogen and oxygen atoms in total.